The van der Waals surface area contributed by atoms with Crippen LogP contribution in [0.25, 0.3) is 0 Å². The number of hydrogen-bond donors (Lipinski definition) is 1. The molecule has 4 unspecified atom stereocenters. The van der Waals surface area contributed by atoms with Crippen LogP contribution in [0.15, 0.2) is 0 Å². The molecule has 0 aromatic heterocycles. The molecule has 0 spiro atoms. The second-order valence-electron chi connectivity index (χ2n) is 4.23. The Bertz CT molecular complexity index is 210. The molecule has 0 aliphatic carbocycles. The van der Waals surface area contributed by atoms with Gasteiger partial charge in [0.15, 0.2) is 0 Å². The highest BCUT2D eigenvalue weighted by Gasteiger charge is 2.48. The first-order chi connectivity index (χ1) is 6.97. The molecule has 1 saturated heterocycles. The molecule has 4 nitrogen and oxygen atoms in total. The first kappa shape index (κ1) is 10.4. The summed E-state index contributed by atoms with van der Waals surface area (Å²) < 4.78 is 23.4. The van der Waals surface area contributed by atoms with Crippen molar-refractivity contribution < 1.29 is 19.3 Å². The molecule has 4 atom stereocenters. The van der Waals surface area contributed by atoms with Crippen LogP contribution in [-0.4, -0.2) is 50.8 Å². The SMILES string of the molecule is [3H]OC1C(OC)C(C)OC1C(C)(C)OC. The maximum atomic E-state index is 7.09. The van der Waals surface area contributed by atoms with Crippen molar-refractivity contribution in [2.75, 3.05) is 14.2 Å². The number of aliphatic hydroxyl groups is 1. The molecule has 0 amide bonds. The van der Waals surface area contributed by atoms with Crippen molar-refractivity contribution in [2.24, 2.45) is 0 Å². The summed E-state index contributed by atoms with van der Waals surface area (Å²) in [5.41, 5.74) is -0.493. The average Bonchev–Trinajstić information content (AvgIpc) is 2.55. The van der Waals surface area contributed by atoms with Gasteiger partial charge in [0.05, 0.1) is 11.7 Å². The van der Waals surface area contributed by atoms with Crippen LogP contribution in [0, 0.1) is 0 Å². The second-order valence-corrected chi connectivity index (χ2v) is 4.23. The van der Waals surface area contributed by atoms with Gasteiger partial charge in [0.25, 0.3) is 0 Å². The lowest BCUT2D eigenvalue weighted by Gasteiger charge is -2.31. The fourth-order valence-electron chi connectivity index (χ4n) is 1.83. The molecule has 0 saturated carbocycles. The van der Waals surface area contributed by atoms with Gasteiger partial charge < -0.3 is 19.3 Å². The highest BCUT2D eigenvalue weighted by molar-refractivity contribution is 4.97. The smallest absolute Gasteiger partial charge is 0.211 e. The normalized spacial score (nSPS) is 39.9. The average molecular weight is 206 g/mol. The fourth-order valence-corrected chi connectivity index (χ4v) is 1.83. The first-order valence-corrected chi connectivity index (χ1v) is 4.83. The summed E-state index contributed by atoms with van der Waals surface area (Å²) in [6.45, 7) is 5.73. The Labute approximate surface area is 86.6 Å². The number of aliphatic hydroxyl groups excluding tert-OH is 1. The summed E-state index contributed by atoms with van der Waals surface area (Å²) in [5, 5.41) is 4.71. The van der Waals surface area contributed by atoms with Gasteiger partial charge in [-0.05, 0) is 20.8 Å². The molecule has 84 valence electrons. The van der Waals surface area contributed by atoms with Crippen molar-refractivity contribution in [3.05, 3.63) is 0 Å². The fraction of sp³-hybridized carbons (Fsp3) is 1.00. The van der Waals surface area contributed by atoms with Crippen molar-refractivity contribution in [3.63, 3.8) is 0 Å². The zero-order valence-electron chi connectivity index (χ0n) is 10.4. The minimum atomic E-state index is -0.493. The van der Waals surface area contributed by atoms with Crippen molar-refractivity contribution >= 4 is 0 Å². The Balaban J connectivity index is 2.83. The Morgan fingerprint density at radius 2 is 2.07 bits per heavy atom. The molecule has 0 aromatic rings. The Kier molecular flexibility index (Phi) is 3.07. The van der Waals surface area contributed by atoms with Crippen LogP contribution in [0.2, 0.25) is 0 Å². The van der Waals surface area contributed by atoms with Crippen LogP contribution in [0.4, 0.5) is 0 Å². The Morgan fingerprint density at radius 3 is 2.50 bits per heavy atom. The number of ether oxygens (including phenoxy) is 3. The van der Waals surface area contributed by atoms with Crippen LogP contribution in [0.3, 0.4) is 0 Å². The van der Waals surface area contributed by atoms with Crippen molar-refractivity contribution in [1.82, 2.24) is 0 Å². The molecular weight excluding hydrogens is 184 g/mol. The van der Waals surface area contributed by atoms with Gasteiger partial charge in [-0.1, -0.05) is 0 Å². The lowest BCUT2D eigenvalue weighted by Crippen LogP contribution is -2.46. The molecule has 0 aromatic carbocycles. The summed E-state index contributed by atoms with van der Waals surface area (Å²) in [6, 6.07) is 0. The highest BCUT2D eigenvalue weighted by atomic mass is 16.6. The van der Waals surface area contributed by atoms with Crippen LogP contribution < -0.4 is 0 Å². The quantitative estimate of drug-likeness (QED) is 0.730. The van der Waals surface area contributed by atoms with E-state index in [2.05, 4.69) is 0 Å². The van der Waals surface area contributed by atoms with E-state index in [0.717, 1.165) is 0 Å². The molecule has 1 fully saturated rings. The lowest BCUT2D eigenvalue weighted by molar-refractivity contribution is -0.126. The molecular formula is C10H20O4. The van der Waals surface area contributed by atoms with Gasteiger partial charge in [-0.3, -0.25) is 0 Å². The summed E-state index contributed by atoms with van der Waals surface area (Å²) in [6.07, 6.45) is -1.02. The summed E-state index contributed by atoms with van der Waals surface area (Å²) in [5.74, 6) is 0. The van der Waals surface area contributed by atoms with Gasteiger partial charge in [0, 0.05) is 14.2 Å². The number of methoxy groups -OCH3 is 2. The predicted octanol–water partition coefficient (Wildman–Crippen LogP) is 0.575. The van der Waals surface area contributed by atoms with E-state index in [1.807, 2.05) is 20.8 Å². The third-order valence-electron chi connectivity index (χ3n) is 2.93. The van der Waals surface area contributed by atoms with E-state index < -0.39 is 11.7 Å². The van der Waals surface area contributed by atoms with Crippen molar-refractivity contribution in [3.8, 4) is 0 Å². The van der Waals surface area contributed by atoms with E-state index in [1.54, 1.807) is 14.2 Å². The molecule has 14 heavy (non-hydrogen) atoms. The van der Waals surface area contributed by atoms with Gasteiger partial charge in [0.1, 0.15) is 18.3 Å². The molecule has 0 bridgehead atoms. The predicted molar refractivity (Wildman–Crippen MR) is 52.2 cm³/mol. The topological polar surface area (TPSA) is 47.9 Å². The third kappa shape index (κ3) is 1.93. The molecule has 1 heterocycles. The van der Waals surface area contributed by atoms with Crippen LogP contribution in [-0.2, 0) is 14.2 Å². The van der Waals surface area contributed by atoms with Gasteiger partial charge in [-0.2, -0.15) is 0 Å². The molecule has 1 rings (SSSR count). The first-order valence-electron chi connectivity index (χ1n) is 5.24. The second kappa shape index (κ2) is 4.14. The van der Waals surface area contributed by atoms with Gasteiger partial charge in [0.2, 0.25) is 1.43 Å². The van der Waals surface area contributed by atoms with Crippen LogP contribution in [0.5, 0.6) is 0 Å². The Morgan fingerprint density at radius 1 is 1.43 bits per heavy atom. The zero-order chi connectivity index (χ0) is 11.6. The third-order valence-corrected chi connectivity index (χ3v) is 2.93. The lowest BCUT2D eigenvalue weighted by atomic mass is 9.95. The van der Waals surface area contributed by atoms with E-state index in [4.69, 9.17) is 20.8 Å². The van der Waals surface area contributed by atoms with E-state index in [1.165, 1.54) is 0 Å². The van der Waals surface area contributed by atoms with E-state index in [-0.39, 0.29) is 18.3 Å². The standard InChI is InChI=1S/C10H20O4/c1-6-8(12-4)7(11)9(14-6)10(2,3)13-5/h6-9,11H,1-5H3/i11T. The summed E-state index contributed by atoms with van der Waals surface area (Å²) in [4.78, 5) is 0. The molecule has 0 radical (unpaired) electrons. The minimum absolute atomic E-state index is 0.0928. The van der Waals surface area contributed by atoms with Gasteiger partial charge >= 0.3 is 0 Å². The highest BCUT2D eigenvalue weighted by Crippen LogP contribution is 2.31. The van der Waals surface area contributed by atoms with Crippen LogP contribution in [0.1, 0.15) is 20.8 Å². The van der Waals surface area contributed by atoms with Gasteiger partial charge in [-0.15, -0.1) is 0 Å². The summed E-state index contributed by atoms with van der Waals surface area (Å²) >= 11 is 0. The molecule has 4 heteroatoms. The molecule has 1 N–H and O–H groups in total. The monoisotopic (exact) mass is 206 g/mol. The van der Waals surface area contributed by atoms with E-state index in [9.17, 15) is 0 Å². The number of rotatable bonds is 4. The van der Waals surface area contributed by atoms with Gasteiger partial charge in [-0.25, -0.2) is 0 Å². The Hall–Kier alpha value is -0.160. The van der Waals surface area contributed by atoms with Crippen LogP contribution >= 0.6 is 0 Å². The molecule has 1 aliphatic heterocycles. The minimum Gasteiger partial charge on any atom is -0.387 e. The zero-order valence-corrected chi connectivity index (χ0v) is 9.44. The number of hydrogen-bond acceptors (Lipinski definition) is 4. The maximum Gasteiger partial charge on any atom is 0.211 e. The summed E-state index contributed by atoms with van der Waals surface area (Å²) in [7, 11) is 3.22. The largest absolute Gasteiger partial charge is 0.387 e. The van der Waals surface area contributed by atoms with E-state index in [0.29, 0.717) is 0 Å². The molecule has 1 aliphatic rings. The van der Waals surface area contributed by atoms with E-state index >= 15 is 0 Å². The van der Waals surface area contributed by atoms with Crippen molar-refractivity contribution in [2.45, 2.75) is 50.8 Å². The van der Waals surface area contributed by atoms with Crippen molar-refractivity contribution in [1.29, 1.82) is 1.43 Å². The maximum absolute atomic E-state index is 7.09.